The van der Waals surface area contributed by atoms with Crippen LogP contribution in [0.1, 0.15) is 50.6 Å². The molecule has 30 heavy (non-hydrogen) atoms. The zero-order valence-electron chi connectivity index (χ0n) is 18.2. The summed E-state index contributed by atoms with van der Waals surface area (Å²) in [5.41, 5.74) is 1.25. The average Bonchev–Trinajstić information content (AvgIpc) is 2.70. The third kappa shape index (κ3) is 4.41. The Labute approximate surface area is 179 Å². The summed E-state index contributed by atoms with van der Waals surface area (Å²) in [5, 5.41) is 6.42. The van der Waals surface area contributed by atoms with Crippen LogP contribution in [0.4, 0.5) is 11.8 Å². The monoisotopic (exact) mass is 413 g/mol. The van der Waals surface area contributed by atoms with Gasteiger partial charge in [0, 0.05) is 44.4 Å². The van der Waals surface area contributed by atoms with Gasteiger partial charge in [-0.3, -0.25) is 4.79 Å². The Balaban J connectivity index is 1.09. The Hall–Kier alpha value is -1.89. The molecule has 0 atom stereocenters. The van der Waals surface area contributed by atoms with Crippen LogP contribution in [0.15, 0.2) is 6.07 Å². The Kier molecular flexibility index (Phi) is 5.56. The highest BCUT2D eigenvalue weighted by molar-refractivity contribution is 5.76. The minimum atomic E-state index is 0.220. The van der Waals surface area contributed by atoms with E-state index < -0.39 is 0 Å². The summed E-state index contributed by atoms with van der Waals surface area (Å²) in [6.45, 7) is 6.42. The summed E-state index contributed by atoms with van der Waals surface area (Å²) in [7, 11) is 0. The third-order valence-corrected chi connectivity index (χ3v) is 7.61. The number of nitrogens with one attached hydrogen (secondary N) is 2. The van der Waals surface area contributed by atoms with Crippen molar-refractivity contribution in [2.75, 3.05) is 49.6 Å². The Bertz CT molecular complexity index is 742. The van der Waals surface area contributed by atoms with Crippen molar-refractivity contribution in [1.29, 1.82) is 0 Å². The lowest BCUT2D eigenvalue weighted by atomic mass is 9.49. The third-order valence-electron chi connectivity index (χ3n) is 7.61. The topological polar surface area (TPSA) is 79.4 Å². The van der Waals surface area contributed by atoms with E-state index in [2.05, 4.69) is 25.5 Å². The van der Waals surface area contributed by atoms with E-state index in [-0.39, 0.29) is 5.91 Å². The number of amides is 1. The van der Waals surface area contributed by atoms with Crippen LogP contribution in [0.3, 0.4) is 0 Å². The Morgan fingerprint density at radius 2 is 1.77 bits per heavy atom. The van der Waals surface area contributed by atoms with Crippen LogP contribution in [-0.2, 0) is 9.53 Å². The molecule has 0 aromatic carbocycles. The molecular formula is C23H35N5O2. The highest BCUT2D eigenvalue weighted by Gasteiger charge is 2.51. The first-order valence-electron chi connectivity index (χ1n) is 11.8. The van der Waals surface area contributed by atoms with Crippen LogP contribution < -0.4 is 15.5 Å². The van der Waals surface area contributed by atoms with Crippen molar-refractivity contribution in [3.8, 4) is 0 Å². The van der Waals surface area contributed by atoms with Gasteiger partial charge in [-0.1, -0.05) is 0 Å². The molecule has 4 bridgehead atoms. The molecule has 1 saturated heterocycles. The molecule has 1 aromatic rings. The molecule has 0 spiro atoms. The van der Waals surface area contributed by atoms with Crippen LogP contribution in [-0.4, -0.2) is 55.3 Å². The van der Waals surface area contributed by atoms with Crippen molar-refractivity contribution in [3.05, 3.63) is 11.8 Å². The summed E-state index contributed by atoms with van der Waals surface area (Å²) in [4.78, 5) is 24.1. The minimum Gasteiger partial charge on any atom is -0.378 e. The van der Waals surface area contributed by atoms with Crippen LogP contribution >= 0.6 is 0 Å². The van der Waals surface area contributed by atoms with Gasteiger partial charge in [-0.15, -0.1) is 0 Å². The molecule has 1 aromatic heterocycles. The number of anilines is 2. The van der Waals surface area contributed by atoms with E-state index in [4.69, 9.17) is 4.74 Å². The highest BCUT2D eigenvalue weighted by atomic mass is 16.5. The van der Waals surface area contributed by atoms with Crippen molar-refractivity contribution in [2.45, 2.75) is 51.9 Å². The molecule has 7 nitrogen and oxygen atoms in total. The molecule has 4 saturated carbocycles. The Morgan fingerprint density at radius 3 is 2.43 bits per heavy atom. The normalized spacial score (nSPS) is 32.3. The first kappa shape index (κ1) is 20.0. The zero-order valence-corrected chi connectivity index (χ0v) is 18.2. The standard InChI is InChI=1S/C23H35N5O2/c1-16-8-20(28-4-6-30-7-5-28)27-22(26-16)25-3-2-24-21(29)15-23-12-17-9-18(13-23)11-19(10-17)14-23/h8,17-19H,2-7,9-15H2,1H3,(H,24,29)(H,25,26,27). The lowest BCUT2D eigenvalue weighted by Gasteiger charge is -2.56. The molecule has 0 radical (unpaired) electrons. The summed E-state index contributed by atoms with van der Waals surface area (Å²) in [6.07, 6.45) is 8.85. The van der Waals surface area contributed by atoms with E-state index in [0.29, 0.717) is 24.5 Å². The maximum Gasteiger partial charge on any atom is 0.224 e. The number of hydrogen-bond acceptors (Lipinski definition) is 6. The molecular weight excluding hydrogens is 378 g/mol. The molecule has 1 aliphatic heterocycles. The minimum absolute atomic E-state index is 0.220. The number of carbonyl (C=O) groups is 1. The Morgan fingerprint density at radius 1 is 1.10 bits per heavy atom. The summed E-state index contributed by atoms with van der Waals surface area (Å²) in [6, 6.07) is 2.02. The molecule has 0 unspecified atom stereocenters. The predicted octanol–water partition coefficient (Wildman–Crippen LogP) is 2.76. The first-order valence-corrected chi connectivity index (χ1v) is 11.8. The SMILES string of the molecule is Cc1cc(N2CCOCC2)nc(NCCNC(=O)CC23CC4CC(CC(C4)C2)C3)n1. The maximum atomic E-state index is 12.7. The molecule has 2 heterocycles. The second-order valence-corrected chi connectivity index (χ2v) is 10.2. The van der Waals surface area contributed by atoms with Crippen molar-refractivity contribution >= 4 is 17.7 Å². The molecule has 2 N–H and O–H groups in total. The molecule has 1 amide bonds. The second-order valence-electron chi connectivity index (χ2n) is 10.2. The largest absolute Gasteiger partial charge is 0.378 e. The smallest absolute Gasteiger partial charge is 0.224 e. The number of carbonyl (C=O) groups excluding carboxylic acids is 1. The fourth-order valence-corrected chi connectivity index (χ4v) is 6.87. The number of nitrogens with zero attached hydrogens (tertiary/aromatic N) is 3. The van der Waals surface area contributed by atoms with Crippen molar-refractivity contribution in [2.24, 2.45) is 23.2 Å². The predicted molar refractivity (Wildman–Crippen MR) is 117 cm³/mol. The van der Waals surface area contributed by atoms with Gasteiger partial charge < -0.3 is 20.3 Å². The van der Waals surface area contributed by atoms with Crippen molar-refractivity contribution in [1.82, 2.24) is 15.3 Å². The van der Waals surface area contributed by atoms with Crippen LogP contribution in [0.5, 0.6) is 0 Å². The summed E-state index contributed by atoms with van der Waals surface area (Å²) >= 11 is 0. The molecule has 164 valence electrons. The van der Waals surface area contributed by atoms with E-state index >= 15 is 0 Å². The van der Waals surface area contributed by atoms with E-state index in [1.54, 1.807) is 0 Å². The zero-order chi connectivity index (χ0) is 20.6. The van der Waals surface area contributed by atoms with Crippen molar-refractivity contribution in [3.63, 3.8) is 0 Å². The van der Waals surface area contributed by atoms with Gasteiger partial charge in [0.05, 0.1) is 13.2 Å². The maximum absolute atomic E-state index is 12.7. The van der Waals surface area contributed by atoms with Gasteiger partial charge in [-0.05, 0) is 68.6 Å². The number of morpholine rings is 1. The van der Waals surface area contributed by atoms with Crippen LogP contribution in [0.25, 0.3) is 0 Å². The van der Waals surface area contributed by atoms with E-state index in [1.165, 1.54) is 38.5 Å². The molecule has 4 aliphatic carbocycles. The van der Waals surface area contributed by atoms with Gasteiger partial charge in [0.1, 0.15) is 5.82 Å². The number of rotatable bonds is 7. The highest BCUT2D eigenvalue weighted by Crippen LogP contribution is 2.61. The van der Waals surface area contributed by atoms with Gasteiger partial charge >= 0.3 is 0 Å². The van der Waals surface area contributed by atoms with E-state index in [9.17, 15) is 4.79 Å². The van der Waals surface area contributed by atoms with Crippen molar-refractivity contribution < 1.29 is 9.53 Å². The molecule has 5 aliphatic rings. The van der Waals surface area contributed by atoms with E-state index in [1.807, 2.05) is 13.0 Å². The molecule has 7 heteroatoms. The summed E-state index contributed by atoms with van der Waals surface area (Å²) < 4.78 is 5.43. The fourth-order valence-electron chi connectivity index (χ4n) is 6.87. The van der Waals surface area contributed by atoms with Gasteiger partial charge in [0.2, 0.25) is 11.9 Å². The lowest BCUT2D eigenvalue weighted by Crippen LogP contribution is -2.48. The van der Waals surface area contributed by atoms with Crippen LogP contribution in [0.2, 0.25) is 0 Å². The number of hydrogen-bond donors (Lipinski definition) is 2. The van der Waals surface area contributed by atoms with Gasteiger partial charge in [-0.2, -0.15) is 4.98 Å². The molecule has 5 fully saturated rings. The lowest BCUT2D eigenvalue weighted by molar-refractivity contribution is -0.129. The van der Waals surface area contributed by atoms with Gasteiger partial charge in [0.15, 0.2) is 0 Å². The molecule has 6 rings (SSSR count). The average molecular weight is 414 g/mol. The van der Waals surface area contributed by atoms with Crippen LogP contribution in [0, 0.1) is 30.1 Å². The number of aryl methyl sites for hydroxylation is 1. The first-order chi connectivity index (χ1) is 14.6. The number of ether oxygens (including phenoxy) is 1. The van der Waals surface area contributed by atoms with Gasteiger partial charge in [-0.25, -0.2) is 4.98 Å². The van der Waals surface area contributed by atoms with E-state index in [0.717, 1.165) is 62.0 Å². The summed E-state index contributed by atoms with van der Waals surface area (Å²) in [5.74, 6) is 4.48. The second kappa shape index (κ2) is 8.33. The quantitative estimate of drug-likeness (QED) is 0.669. The number of aromatic nitrogens is 2. The van der Waals surface area contributed by atoms with Gasteiger partial charge in [0.25, 0.3) is 0 Å². The fraction of sp³-hybridized carbons (Fsp3) is 0.783.